The number of nitrogens with zero attached hydrogens (tertiary/aromatic N) is 5. The van der Waals surface area contributed by atoms with Gasteiger partial charge in [0.1, 0.15) is 6.54 Å². The smallest absolute Gasteiger partial charge is 0.283 e. The van der Waals surface area contributed by atoms with E-state index in [9.17, 15) is 14.0 Å². The van der Waals surface area contributed by atoms with E-state index in [0.29, 0.717) is 0 Å². The summed E-state index contributed by atoms with van der Waals surface area (Å²) in [4.78, 5) is 33.9. The molecule has 27 heavy (non-hydrogen) atoms. The third-order valence-electron chi connectivity index (χ3n) is 4.01. The fraction of sp³-hybridized carbons (Fsp3) is 0.167. The van der Waals surface area contributed by atoms with E-state index >= 15 is 0 Å². The normalized spacial score (nSPS) is 10.6. The van der Waals surface area contributed by atoms with Gasteiger partial charge < -0.3 is 0 Å². The zero-order chi connectivity index (χ0) is 19.7. The van der Waals surface area contributed by atoms with E-state index in [-0.39, 0.29) is 29.2 Å². The van der Waals surface area contributed by atoms with E-state index in [1.54, 1.807) is 19.2 Å². The molecule has 0 unspecified atom stereocenters. The Bertz CT molecular complexity index is 1210. The summed E-state index contributed by atoms with van der Waals surface area (Å²) < 4.78 is 15.6. The van der Waals surface area contributed by atoms with Gasteiger partial charge in [0.2, 0.25) is 0 Å². The molecule has 0 spiro atoms. The molecule has 0 N–H and O–H groups in total. The zero-order valence-electron chi connectivity index (χ0n) is 14.4. The zero-order valence-corrected chi connectivity index (χ0v) is 15.2. The number of aromatic nitrogens is 4. The number of nitriles is 1. The minimum absolute atomic E-state index is 0.0493. The van der Waals surface area contributed by atoms with Crippen LogP contribution in [0.4, 0.5) is 4.39 Å². The van der Waals surface area contributed by atoms with Crippen molar-refractivity contribution in [2.75, 3.05) is 0 Å². The minimum atomic E-state index is -0.730. The van der Waals surface area contributed by atoms with Gasteiger partial charge in [0.25, 0.3) is 5.56 Å². The highest BCUT2D eigenvalue weighted by molar-refractivity contribution is 6.29. The predicted octanol–water partition coefficient (Wildman–Crippen LogP) is 2.39. The fourth-order valence-electron chi connectivity index (χ4n) is 2.75. The molecule has 3 aromatic rings. The van der Waals surface area contributed by atoms with Crippen LogP contribution in [-0.2, 0) is 6.54 Å². The highest BCUT2D eigenvalue weighted by atomic mass is 35.5. The van der Waals surface area contributed by atoms with Crippen LogP contribution in [0.5, 0.6) is 0 Å². The molecule has 0 radical (unpaired) electrons. The van der Waals surface area contributed by atoms with Crippen molar-refractivity contribution in [2.45, 2.75) is 20.4 Å². The van der Waals surface area contributed by atoms with E-state index in [1.165, 1.54) is 19.2 Å². The van der Waals surface area contributed by atoms with Crippen molar-refractivity contribution in [3.63, 3.8) is 0 Å². The van der Waals surface area contributed by atoms with E-state index in [0.717, 1.165) is 20.8 Å². The highest BCUT2D eigenvalue weighted by Crippen LogP contribution is 2.21. The second kappa shape index (κ2) is 7.13. The second-order valence-corrected chi connectivity index (χ2v) is 6.18. The first-order valence-corrected chi connectivity index (χ1v) is 8.20. The van der Waals surface area contributed by atoms with Crippen molar-refractivity contribution >= 4 is 11.6 Å². The van der Waals surface area contributed by atoms with Crippen molar-refractivity contribution in [1.82, 2.24) is 19.1 Å². The third kappa shape index (κ3) is 3.25. The largest absolute Gasteiger partial charge is 0.336 e. The van der Waals surface area contributed by atoms with Crippen molar-refractivity contribution in [3.8, 4) is 23.0 Å². The molecular weight excluding hydrogens is 373 g/mol. The van der Waals surface area contributed by atoms with E-state index in [4.69, 9.17) is 16.9 Å². The van der Waals surface area contributed by atoms with Crippen molar-refractivity contribution in [1.29, 1.82) is 5.26 Å². The Kier molecular flexibility index (Phi) is 4.88. The molecular formula is C18H13ClFN5O2. The standard InChI is InChI=1S/C18H13ClFN5O2/c1-10-7-12(9-22-8-10)25-17(26)15(11(2)24(6-5-21)18(25)27)14-4-3-13(20)16(19)23-14/h3-4,7-9H,6H2,1-2H3. The van der Waals surface area contributed by atoms with Crippen LogP contribution in [0.2, 0.25) is 5.15 Å². The molecule has 0 aliphatic carbocycles. The number of rotatable bonds is 3. The molecule has 0 saturated carbocycles. The number of aryl methyl sites for hydroxylation is 1. The predicted molar refractivity (Wildman–Crippen MR) is 97.4 cm³/mol. The molecule has 3 heterocycles. The van der Waals surface area contributed by atoms with Gasteiger partial charge in [0.15, 0.2) is 11.0 Å². The van der Waals surface area contributed by atoms with Crippen LogP contribution in [0.1, 0.15) is 11.3 Å². The first-order chi connectivity index (χ1) is 12.8. The maximum Gasteiger partial charge on any atom is 0.336 e. The number of hydrogen-bond acceptors (Lipinski definition) is 5. The summed E-state index contributed by atoms with van der Waals surface area (Å²) in [6, 6.07) is 5.90. The second-order valence-electron chi connectivity index (χ2n) is 5.82. The van der Waals surface area contributed by atoms with Crippen molar-refractivity contribution < 1.29 is 4.39 Å². The van der Waals surface area contributed by atoms with Crippen LogP contribution in [0.3, 0.4) is 0 Å². The molecule has 0 fully saturated rings. The average Bonchev–Trinajstić information content (AvgIpc) is 2.62. The van der Waals surface area contributed by atoms with Gasteiger partial charge in [-0.1, -0.05) is 11.6 Å². The van der Waals surface area contributed by atoms with Gasteiger partial charge in [0, 0.05) is 11.9 Å². The molecule has 3 aromatic heterocycles. The number of hydrogen-bond donors (Lipinski definition) is 0. The summed E-state index contributed by atoms with van der Waals surface area (Å²) >= 11 is 5.75. The summed E-state index contributed by atoms with van der Waals surface area (Å²) in [6.45, 7) is 3.02. The van der Waals surface area contributed by atoms with Gasteiger partial charge in [-0.3, -0.25) is 14.3 Å². The summed E-state index contributed by atoms with van der Waals surface area (Å²) in [5.74, 6) is -0.730. The Morgan fingerprint density at radius 2 is 2.00 bits per heavy atom. The molecule has 0 bridgehead atoms. The van der Waals surface area contributed by atoms with E-state index in [1.807, 2.05) is 6.07 Å². The molecule has 0 atom stereocenters. The van der Waals surface area contributed by atoms with Crippen LogP contribution in [0.15, 0.2) is 40.2 Å². The maximum absolute atomic E-state index is 13.5. The van der Waals surface area contributed by atoms with Crippen LogP contribution < -0.4 is 11.2 Å². The Hall–Kier alpha value is -3.31. The highest BCUT2D eigenvalue weighted by Gasteiger charge is 2.20. The Morgan fingerprint density at radius 3 is 2.63 bits per heavy atom. The topological polar surface area (TPSA) is 93.6 Å². The lowest BCUT2D eigenvalue weighted by atomic mass is 10.1. The molecule has 0 aliphatic rings. The average molecular weight is 386 g/mol. The number of halogens is 2. The summed E-state index contributed by atoms with van der Waals surface area (Å²) in [7, 11) is 0. The Morgan fingerprint density at radius 1 is 1.26 bits per heavy atom. The quantitative estimate of drug-likeness (QED) is 0.645. The molecule has 0 aliphatic heterocycles. The summed E-state index contributed by atoms with van der Waals surface area (Å²) in [6.07, 6.45) is 2.95. The lowest BCUT2D eigenvalue weighted by Crippen LogP contribution is -2.41. The molecule has 9 heteroatoms. The Balaban J connectivity index is 2.44. The van der Waals surface area contributed by atoms with Gasteiger partial charge >= 0.3 is 5.69 Å². The first-order valence-electron chi connectivity index (χ1n) is 7.83. The summed E-state index contributed by atoms with van der Waals surface area (Å²) in [5.41, 5.74) is 0.0522. The minimum Gasteiger partial charge on any atom is -0.283 e. The Labute approximate surface area is 157 Å². The summed E-state index contributed by atoms with van der Waals surface area (Å²) in [5, 5.41) is 8.69. The molecule has 7 nitrogen and oxygen atoms in total. The lowest BCUT2D eigenvalue weighted by Gasteiger charge is -2.15. The number of pyridine rings is 2. The van der Waals surface area contributed by atoms with Crippen molar-refractivity contribution in [2.24, 2.45) is 0 Å². The van der Waals surface area contributed by atoms with Crippen LogP contribution in [-0.4, -0.2) is 19.1 Å². The lowest BCUT2D eigenvalue weighted by molar-refractivity contribution is 0.622. The van der Waals surface area contributed by atoms with Gasteiger partial charge in [-0.25, -0.2) is 18.7 Å². The SMILES string of the molecule is Cc1cncc(-n2c(=O)c(-c3ccc(F)c(Cl)n3)c(C)n(CC#N)c2=O)c1. The molecule has 0 amide bonds. The monoisotopic (exact) mass is 385 g/mol. The van der Waals surface area contributed by atoms with Crippen LogP contribution >= 0.6 is 11.6 Å². The van der Waals surface area contributed by atoms with Crippen LogP contribution in [0.25, 0.3) is 16.9 Å². The van der Waals surface area contributed by atoms with E-state index in [2.05, 4.69) is 9.97 Å². The molecule has 136 valence electrons. The fourth-order valence-corrected chi connectivity index (χ4v) is 2.90. The molecule has 0 saturated heterocycles. The first kappa shape index (κ1) is 18.5. The van der Waals surface area contributed by atoms with Gasteiger partial charge in [0.05, 0.1) is 29.2 Å². The van der Waals surface area contributed by atoms with Crippen molar-refractivity contribution in [3.05, 3.63) is 73.7 Å². The van der Waals surface area contributed by atoms with Crippen LogP contribution in [0, 0.1) is 31.0 Å². The van der Waals surface area contributed by atoms with Gasteiger partial charge in [-0.2, -0.15) is 5.26 Å². The van der Waals surface area contributed by atoms with Gasteiger partial charge in [-0.05, 0) is 37.6 Å². The maximum atomic E-state index is 13.5. The molecule has 0 aromatic carbocycles. The molecule has 3 rings (SSSR count). The van der Waals surface area contributed by atoms with Gasteiger partial charge in [-0.15, -0.1) is 0 Å². The van der Waals surface area contributed by atoms with E-state index < -0.39 is 22.2 Å². The third-order valence-corrected chi connectivity index (χ3v) is 4.28.